The van der Waals surface area contributed by atoms with Crippen molar-refractivity contribution >= 4 is 33.3 Å². The van der Waals surface area contributed by atoms with Gasteiger partial charge in [-0.2, -0.15) is 0 Å². The van der Waals surface area contributed by atoms with E-state index in [1.165, 1.54) is 24.3 Å². The minimum absolute atomic E-state index is 0.0792. The molecule has 2 saturated carbocycles. The van der Waals surface area contributed by atoms with E-state index in [2.05, 4.69) is 34.9 Å². The van der Waals surface area contributed by atoms with Gasteiger partial charge in [-0.15, -0.1) is 0 Å². The summed E-state index contributed by atoms with van der Waals surface area (Å²) in [6.45, 7) is 4.44. The summed E-state index contributed by atoms with van der Waals surface area (Å²) in [7, 11) is 0. The highest BCUT2D eigenvalue weighted by atomic mass is 79.9. The smallest absolute Gasteiger partial charge is 0.313 e. The maximum atomic E-state index is 12.2. The lowest BCUT2D eigenvalue weighted by molar-refractivity contribution is -0.384. The van der Waals surface area contributed by atoms with E-state index in [0.717, 1.165) is 30.3 Å². The maximum absolute atomic E-state index is 12.2. The molecule has 1 aromatic carbocycles. The highest BCUT2D eigenvalue weighted by Crippen LogP contribution is 2.64. The Hall–Kier alpha value is -1.76. The zero-order valence-corrected chi connectivity index (χ0v) is 15.2. The van der Waals surface area contributed by atoms with Crippen LogP contribution in [0.1, 0.15) is 43.5 Å². The molecule has 0 N–H and O–H groups in total. The van der Waals surface area contributed by atoms with Gasteiger partial charge < -0.3 is 4.84 Å². The predicted molar refractivity (Wildman–Crippen MR) is 93.3 cm³/mol. The largest absolute Gasteiger partial charge is 0.365 e. The fraction of sp³-hybridized carbons (Fsp3) is 0.529. The number of halogens is 1. The maximum Gasteiger partial charge on any atom is 0.365 e. The lowest BCUT2D eigenvalue weighted by Crippen LogP contribution is -2.36. The molecule has 2 fully saturated rings. The number of oxime groups is 1. The monoisotopic (exact) mass is 394 g/mol. The molecule has 0 amide bonds. The number of hydrogen-bond acceptors (Lipinski definition) is 5. The minimum Gasteiger partial charge on any atom is -0.313 e. The second kappa shape index (κ2) is 5.95. The molecule has 0 spiro atoms. The van der Waals surface area contributed by atoms with Gasteiger partial charge in [0.05, 0.1) is 16.2 Å². The third kappa shape index (κ3) is 2.46. The van der Waals surface area contributed by atoms with Crippen LogP contribution in [0.5, 0.6) is 0 Å². The second-order valence-electron chi connectivity index (χ2n) is 7.05. The number of carbonyl (C=O) groups is 1. The van der Waals surface area contributed by atoms with Gasteiger partial charge in [0.1, 0.15) is 0 Å². The van der Waals surface area contributed by atoms with E-state index < -0.39 is 10.9 Å². The fourth-order valence-corrected chi connectivity index (χ4v) is 5.14. The molecule has 2 bridgehead atoms. The van der Waals surface area contributed by atoms with Crippen LogP contribution in [0.25, 0.3) is 0 Å². The van der Waals surface area contributed by atoms with Crippen LogP contribution in [0, 0.1) is 26.9 Å². The van der Waals surface area contributed by atoms with Crippen LogP contribution >= 0.6 is 15.9 Å². The number of fused-ring (bicyclic) bond motifs is 2. The summed E-state index contributed by atoms with van der Waals surface area (Å²) in [5, 5.41) is 15.8. The molecule has 1 aromatic rings. The van der Waals surface area contributed by atoms with Gasteiger partial charge in [-0.1, -0.05) is 41.0 Å². The number of benzene rings is 1. The highest BCUT2D eigenvalue weighted by Gasteiger charge is 2.62. The van der Waals surface area contributed by atoms with Gasteiger partial charge in [0.2, 0.25) is 0 Å². The summed E-state index contributed by atoms with van der Waals surface area (Å²) in [4.78, 5) is 27.5. The molecule has 0 saturated heterocycles. The van der Waals surface area contributed by atoms with E-state index in [0.29, 0.717) is 5.92 Å². The Morgan fingerprint density at radius 1 is 1.50 bits per heavy atom. The van der Waals surface area contributed by atoms with Crippen LogP contribution in [0.3, 0.4) is 0 Å². The van der Waals surface area contributed by atoms with Gasteiger partial charge in [-0.25, -0.2) is 4.79 Å². The summed E-state index contributed by atoms with van der Waals surface area (Å²) < 4.78 is 0. The average molecular weight is 395 g/mol. The number of rotatable bonds is 4. The van der Waals surface area contributed by atoms with Gasteiger partial charge in [0, 0.05) is 22.9 Å². The van der Waals surface area contributed by atoms with Gasteiger partial charge in [0.15, 0.2) is 0 Å². The number of nitrogens with zero attached hydrogens (tertiary/aromatic N) is 2. The molecule has 7 heteroatoms. The molecule has 3 unspecified atom stereocenters. The SMILES string of the molecule is CC12CCC(CC1=NOC(=O)c1cccc([N+](=O)[O-])c1)C2(C)CBr. The Kier molecular flexibility index (Phi) is 4.23. The molecule has 0 heterocycles. The van der Waals surface area contributed by atoms with Crippen LogP contribution in [-0.2, 0) is 4.84 Å². The Morgan fingerprint density at radius 2 is 2.25 bits per heavy atom. The zero-order valence-electron chi connectivity index (χ0n) is 13.6. The quantitative estimate of drug-likeness (QED) is 0.329. The number of nitro benzene ring substituents is 1. The Labute approximate surface area is 148 Å². The molecule has 3 rings (SSSR count). The van der Waals surface area contributed by atoms with Crippen molar-refractivity contribution in [3.05, 3.63) is 39.9 Å². The lowest BCUT2D eigenvalue weighted by Gasteiger charge is -2.36. The highest BCUT2D eigenvalue weighted by molar-refractivity contribution is 9.09. The first-order valence-electron chi connectivity index (χ1n) is 7.91. The van der Waals surface area contributed by atoms with Crippen molar-refractivity contribution in [1.82, 2.24) is 0 Å². The normalized spacial score (nSPS) is 33.0. The van der Waals surface area contributed by atoms with Crippen molar-refractivity contribution in [3.8, 4) is 0 Å². The molecular formula is C17H19BrN2O4. The van der Waals surface area contributed by atoms with Crippen molar-refractivity contribution in [3.63, 3.8) is 0 Å². The number of carbonyl (C=O) groups excluding carboxylic acids is 1. The number of alkyl halides is 1. The van der Waals surface area contributed by atoms with E-state index in [1.807, 2.05) is 0 Å². The summed E-state index contributed by atoms with van der Waals surface area (Å²) in [5.41, 5.74) is 0.939. The van der Waals surface area contributed by atoms with Crippen molar-refractivity contribution in [2.45, 2.75) is 33.1 Å². The van der Waals surface area contributed by atoms with Crippen LogP contribution in [0.4, 0.5) is 5.69 Å². The van der Waals surface area contributed by atoms with Gasteiger partial charge >= 0.3 is 5.97 Å². The van der Waals surface area contributed by atoms with Gasteiger partial charge in [0.25, 0.3) is 5.69 Å². The molecule has 3 atom stereocenters. The van der Waals surface area contributed by atoms with Crippen molar-refractivity contribution in [1.29, 1.82) is 0 Å². The first-order valence-corrected chi connectivity index (χ1v) is 9.03. The van der Waals surface area contributed by atoms with E-state index in [9.17, 15) is 14.9 Å². The molecule has 0 aromatic heterocycles. The first kappa shape index (κ1) is 17.1. The molecular weight excluding hydrogens is 376 g/mol. The van der Waals surface area contributed by atoms with Crippen LogP contribution in [0.2, 0.25) is 0 Å². The number of nitro groups is 1. The second-order valence-corrected chi connectivity index (χ2v) is 7.61. The predicted octanol–water partition coefficient (Wildman–Crippen LogP) is 4.33. The van der Waals surface area contributed by atoms with Crippen molar-refractivity contribution in [2.24, 2.45) is 21.9 Å². The molecule has 0 radical (unpaired) electrons. The number of hydrogen-bond donors (Lipinski definition) is 0. The lowest BCUT2D eigenvalue weighted by atomic mass is 9.70. The third-order valence-corrected chi connectivity index (χ3v) is 7.20. The van der Waals surface area contributed by atoms with Crippen LogP contribution < -0.4 is 0 Å². The summed E-state index contributed by atoms with van der Waals surface area (Å²) in [6, 6.07) is 5.48. The summed E-state index contributed by atoms with van der Waals surface area (Å²) in [5.74, 6) is -0.129. The van der Waals surface area contributed by atoms with Crippen molar-refractivity contribution in [2.75, 3.05) is 5.33 Å². The summed E-state index contributed by atoms with van der Waals surface area (Å²) in [6.07, 6.45) is 3.03. The topological polar surface area (TPSA) is 81.8 Å². The minimum atomic E-state index is -0.668. The van der Waals surface area contributed by atoms with Gasteiger partial charge in [-0.05, 0) is 36.7 Å². The van der Waals surface area contributed by atoms with E-state index in [4.69, 9.17) is 4.84 Å². The van der Waals surface area contributed by atoms with E-state index in [-0.39, 0.29) is 22.1 Å². The standard InChI is InChI=1S/C17H19BrN2O4/c1-16-7-6-12(17(16,2)10-18)9-14(16)19-24-15(21)11-4-3-5-13(8-11)20(22)23/h3-5,8,12H,6-7,9-10H2,1-2H3. The molecule has 2 aliphatic rings. The molecule has 0 aliphatic heterocycles. The zero-order chi connectivity index (χ0) is 17.5. The molecule has 24 heavy (non-hydrogen) atoms. The van der Waals surface area contributed by atoms with Crippen molar-refractivity contribution < 1.29 is 14.6 Å². The third-order valence-electron chi connectivity index (χ3n) is 6.04. The molecule has 2 aliphatic carbocycles. The molecule has 128 valence electrons. The Balaban J connectivity index is 1.79. The summed E-state index contributed by atoms with van der Waals surface area (Å²) >= 11 is 3.63. The first-order chi connectivity index (χ1) is 11.3. The van der Waals surface area contributed by atoms with E-state index >= 15 is 0 Å². The number of non-ortho nitro benzene ring substituents is 1. The Bertz CT molecular complexity index is 735. The van der Waals surface area contributed by atoms with Crippen LogP contribution in [0.15, 0.2) is 29.4 Å². The van der Waals surface area contributed by atoms with Gasteiger partial charge in [-0.3, -0.25) is 10.1 Å². The van der Waals surface area contributed by atoms with E-state index in [1.54, 1.807) is 0 Å². The molecule has 6 nitrogen and oxygen atoms in total. The van der Waals surface area contributed by atoms with Crippen LogP contribution in [-0.4, -0.2) is 21.9 Å². The fourth-order valence-electron chi connectivity index (χ4n) is 4.07. The average Bonchev–Trinajstić information content (AvgIpc) is 2.95. The Morgan fingerprint density at radius 3 is 2.88 bits per heavy atom.